The quantitative estimate of drug-likeness (QED) is 0.767. The van der Waals surface area contributed by atoms with Gasteiger partial charge in [0.1, 0.15) is 0 Å². The van der Waals surface area contributed by atoms with Crippen LogP contribution in [0.25, 0.3) is 0 Å². The van der Waals surface area contributed by atoms with Crippen LogP contribution in [0.5, 0.6) is 0 Å². The van der Waals surface area contributed by atoms with Crippen LogP contribution in [0.15, 0.2) is 18.2 Å². The Bertz CT molecular complexity index is 578. The summed E-state index contributed by atoms with van der Waals surface area (Å²) in [7, 11) is 0. The molecule has 132 valence electrons. The number of nitrogens with zero attached hydrogens (tertiary/aromatic N) is 2. The Balaban J connectivity index is 1.78. The highest BCUT2D eigenvalue weighted by atomic mass is 35.5. The average Bonchev–Trinajstić information content (AvgIpc) is 2.83. The molecule has 1 amide bonds. The second kappa shape index (κ2) is 8.79. The van der Waals surface area contributed by atoms with Crippen molar-refractivity contribution in [1.82, 2.24) is 9.80 Å². The topological polar surface area (TPSA) is 23.6 Å². The molecule has 0 bridgehead atoms. The largest absolute Gasteiger partial charge is 0.333 e. The number of rotatable bonds is 3. The Morgan fingerprint density at radius 2 is 1.92 bits per heavy atom. The second-order valence-corrected chi connectivity index (χ2v) is 8.56. The lowest BCUT2D eigenvalue weighted by atomic mass is 10.1. The minimum absolute atomic E-state index is 0.0204. The number of benzene rings is 1. The first-order valence-electron chi connectivity index (χ1n) is 8.71. The highest BCUT2D eigenvalue weighted by Gasteiger charge is 2.29. The average molecular weight is 387 g/mol. The molecule has 2 fully saturated rings. The summed E-state index contributed by atoms with van der Waals surface area (Å²) in [5.41, 5.74) is 0.528. The molecule has 1 unspecified atom stereocenters. The predicted molar refractivity (Wildman–Crippen MR) is 104 cm³/mol. The maximum Gasteiger partial charge on any atom is 0.255 e. The summed E-state index contributed by atoms with van der Waals surface area (Å²) >= 11 is 14.3. The molecule has 2 aliphatic rings. The molecule has 3 nitrogen and oxygen atoms in total. The number of piperidine rings is 1. The smallest absolute Gasteiger partial charge is 0.255 e. The van der Waals surface area contributed by atoms with E-state index in [2.05, 4.69) is 4.90 Å². The van der Waals surface area contributed by atoms with Gasteiger partial charge < -0.3 is 9.80 Å². The van der Waals surface area contributed by atoms with E-state index in [4.69, 9.17) is 23.2 Å². The lowest BCUT2D eigenvalue weighted by molar-refractivity contribution is 0.0646. The molecule has 0 saturated carbocycles. The molecule has 0 radical (unpaired) electrons. The molecule has 0 N–H and O–H groups in total. The molecular weight excluding hydrogens is 363 g/mol. The molecule has 0 aromatic heterocycles. The van der Waals surface area contributed by atoms with Crippen LogP contribution >= 0.6 is 35.0 Å². The summed E-state index contributed by atoms with van der Waals surface area (Å²) in [4.78, 5) is 17.7. The van der Waals surface area contributed by atoms with E-state index >= 15 is 0 Å². The zero-order valence-corrected chi connectivity index (χ0v) is 16.2. The van der Waals surface area contributed by atoms with Gasteiger partial charge in [0.05, 0.1) is 16.6 Å². The van der Waals surface area contributed by atoms with Gasteiger partial charge in [0.25, 0.3) is 5.91 Å². The molecule has 0 aliphatic carbocycles. The van der Waals surface area contributed by atoms with Gasteiger partial charge in [0, 0.05) is 23.9 Å². The van der Waals surface area contributed by atoms with E-state index in [-0.39, 0.29) is 11.9 Å². The Morgan fingerprint density at radius 3 is 2.71 bits per heavy atom. The summed E-state index contributed by atoms with van der Waals surface area (Å²) in [5, 5.41) is 1.04. The first-order valence-corrected chi connectivity index (χ1v) is 10.6. The summed E-state index contributed by atoms with van der Waals surface area (Å²) in [6.45, 7) is 4.08. The van der Waals surface area contributed by atoms with Crippen LogP contribution < -0.4 is 0 Å². The van der Waals surface area contributed by atoms with Gasteiger partial charge >= 0.3 is 0 Å². The van der Waals surface area contributed by atoms with E-state index in [1.165, 1.54) is 19.3 Å². The zero-order valence-electron chi connectivity index (χ0n) is 13.8. The first-order chi connectivity index (χ1) is 11.6. The number of likely N-dealkylation sites (tertiary alicyclic amines) is 1. The van der Waals surface area contributed by atoms with Crippen LogP contribution in [0, 0.1) is 0 Å². The molecule has 0 spiro atoms. The number of amides is 1. The Kier molecular flexibility index (Phi) is 6.73. The van der Waals surface area contributed by atoms with E-state index in [1.807, 2.05) is 16.7 Å². The summed E-state index contributed by atoms with van der Waals surface area (Å²) in [6.07, 6.45) is 4.91. The van der Waals surface area contributed by atoms with Crippen LogP contribution in [0.2, 0.25) is 10.0 Å². The fraction of sp³-hybridized carbons (Fsp3) is 0.611. The maximum atomic E-state index is 13.1. The fourth-order valence-electron chi connectivity index (χ4n) is 3.50. The molecule has 3 rings (SSSR count). The highest BCUT2D eigenvalue weighted by molar-refractivity contribution is 7.99. The number of carbonyl (C=O) groups excluding carboxylic acids is 1. The lowest BCUT2D eigenvalue weighted by Gasteiger charge is -2.36. The standard InChI is InChI=1S/C18H24Cl2N2OS/c19-14-5-6-17(20)16(11-14)18(23)22-9-4-10-24-13-15(22)12-21-7-2-1-3-8-21/h5-6,11,15H,1-4,7-10,12-13H2. The summed E-state index contributed by atoms with van der Waals surface area (Å²) in [6, 6.07) is 5.38. The van der Waals surface area contributed by atoms with Crippen LogP contribution in [0.1, 0.15) is 36.0 Å². The van der Waals surface area contributed by atoms with E-state index in [9.17, 15) is 4.79 Å². The van der Waals surface area contributed by atoms with Crippen molar-refractivity contribution in [2.75, 3.05) is 37.7 Å². The molecule has 1 aromatic rings. The lowest BCUT2D eigenvalue weighted by Crippen LogP contribution is -2.49. The maximum absolute atomic E-state index is 13.1. The van der Waals surface area contributed by atoms with Crippen molar-refractivity contribution < 1.29 is 4.79 Å². The molecule has 2 saturated heterocycles. The molecule has 1 aromatic carbocycles. The molecule has 24 heavy (non-hydrogen) atoms. The van der Waals surface area contributed by atoms with Crippen LogP contribution in [-0.4, -0.2) is 59.4 Å². The highest BCUT2D eigenvalue weighted by Crippen LogP contribution is 2.26. The van der Waals surface area contributed by atoms with E-state index < -0.39 is 0 Å². The molecule has 1 atom stereocenters. The van der Waals surface area contributed by atoms with E-state index in [1.54, 1.807) is 18.2 Å². The van der Waals surface area contributed by atoms with Gasteiger partial charge in [-0.05, 0) is 56.3 Å². The number of thioether (sulfide) groups is 1. The zero-order chi connectivity index (χ0) is 16.9. The van der Waals surface area contributed by atoms with Crippen LogP contribution in [0.4, 0.5) is 0 Å². The fourth-order valence-corrected chi connectivity index (χ4v) is 4.93. The van der Waals surface area contributed by atoms with Gasteiger partial charge in [0.2, 0.25) is 0 Å². The SMILES string of the molecule is O=C(c1cc(Cl)ccc1Cl)N1CCCSCC1CN1CCCCC1. The minimum Gasteiger partial charge on any atom is -0.333 e. The molecular formula is C18H24Cl2N2OS. The Morgan fingerprint density at radius 1 is 1.12 bits per heavy atom. The third kappa shape index (κ3) is 4.60. The number of hydrogen-bond acceptors (Lipinski definition) is 3. The number of hydrogen-bond donors (Lipinski definition) is 0. The third-order valence-electron chi connectivity index (χ3n) is 4.78. The second-order valence-electron chi connectivity index (χ2n) is 6.57. The summed E-state index contributed by atoms with van der Waals surface area (Å²) in [5.74, 6) is 2.14. The van der Waals surface area contributed by atoms with Crippen molar-refractivity contribution in [3.8, 4) is 0 Å². The van der Waals surface area contributed by atoms with Crippen molar-refractivity contribution >= 4 is 40.9 Å². The molecule has 2 heterocycles. The Labute approximate surface area is 158 Å². The van der Waals surface area contributed by atoms with Gasteiger partial charge in [0.15, 0.2) is 0 Å². The molecule has 2 aliphatic heterocycles. The van der Waals surface area contributed by atoms with Gasteiger partial charge in [-0.2, -0.15) is 11.8 Å². The molecule has 6 heteroatoms. The van der Waals surface area contributed by atoms with Crippen LogP contribution in [-0.2, 0) is 0 Å². The summed E-state index contributed by atoms with van der Waals surface area (Å²) < 4.78 is 0. The van der Waals surface area contributed by atoms with Gasteiger partial charge in [-0.1, -0.05) is 29.6 Å². The third-order valence-corrected chi connectivity index (χ3v) is 6.54. The van der Waals surface area contributed by atoms with Crippen LogP contribution in [0.3, 0.4) is 0 Å². The van der Waals surface area contributed by atoms with Crippen molar-refractivity contribution in [1.29, 1.82) is 0 Å². The normalized spacial score (nSPS) is 23.1. The predicted octanol–water partition coefficient (Wildman–Crippen LogP) is 4.43. The number of halogens is 2. The first kappa shape index (κ1) is 18.4. The monoisotopic (exact) mass is 386 g/mol. The van der Waals surface area contributed by atoms with E-state index in [0.717, 1.165) is 44.1 Å². The Hall–Kier alpha value is -0.420. The van der Waals surface area contributed by atoms with Crippen molar-refractivity contribution in [2.24, 2.45) is 0 Å². The van der Waals surface area contributed by atoms with Gasteiger partial charge in [-0.15, -0.1) is 0 Å². The van der Waals surface area contributed by atoms with Gasteiger partial charge in [-0.3, -0.25) is 4.79 Å². The minimum atomic E-state index is 0.0204. The van der Waals surface area contributed by atoms with Crippen molar-refractivity contribution in [2.45, 2.75) is 31.7 Å². The van der Waals surface area contributed by atoms with Crippen molar-refractivity contribution in [3.63, 3.8) is 0 Å². The van der Waals surface area contributed by atoms with E-state index in [0.29, 0.717) is 15.6 Å². The van der Waals surface area contributed by atoms with Gasteiger partial charge in [-0.25, -0.2) is 0 Å². The number of carbonyl (C=O) groups is 1. The van der Waals surface area contributed by atoms with Crippen molar-refractivity contribution in [3.05, 3.63) is 33.8 Å².